The Labute approximate surface area is 122 Å². The highest BCUT2D eigenvalue weighted by molar-refractivity contribution is 5.57. The molecule has 0 aromatic heterocycles. The molecule has 4 heteroatoms. The molecule has 1 aliphatic heterocycles. The lowest BCUT2D eigenvalue weighted by Crippen LogP contribution is -2.15. The van der Waals surface area contributed by atoms with Crippen molar-refractivity contribution in [1.29, 1.82) is 0 Å². The molecular formula is C17H16FNO2. The minimum atomic E-state index is -0.0982. The van der Waals surface area contributed by atoms with Gasteiger partial charge in [-0.3, -0.25) is 0 Å². The molecule has 0 saturated carbocycles. The summed E-state index contributed by atoms with van der Waals surface area (Å²) in [6.07, 6.45) is 1.69. The Morgan fingerprint density at radius 1 is 1.05 bits per heavy atom. The minimum absolute atomic E-state index is 0.0982. The van der Waals surface area contributed by atoms with Crippen molar-refractivity contribution in [1.82, 2.24) is 0 Å². The van der Waals surface area contributed by atoms with E-state index in [2.05, 4.69) is 5.32 Å². The molecule has 0 radical (unpaired) electrons. The second kappa shape index (κ2) is 4.95. The van der Waals surface area contributed by atoms with Crippen LogP contribution in [0, 0.1) is 5.82 Å². The van der Waals surface area contributed by atoms with E-state index >= 15 is 0 Å². The van der Waals surface area contributed by atoms with Crippen molar-refractivity contribution in [2.45, 2.75) is 18.9 Å². The van der Waals surface area contributed by atoms with Gasteiger partial charge in [-0.2, -0.15) is 0 Å². The fourth-order valence-corrected chi connectivity index (χ4v) is 3.09. The first kappa shape index (κ1) is 12.5. The SMILES string of the molecule is Fc1cccc2c1CCC2Nc1ccc2c(c1)OCCO2. The summed E-state index contributed by atoms with van der Waals surface area (Å²) in [5.74, 6) is 1.45. The lowest BCUT2D eigenvalue weighted by Gasteiger charge is -2.21. The van der Waals surface area contributed by atoms with E-state index in [9.17, 15) is 4.39 Å². The molecule has 1 aliphatic carbocycles. The lowest BCUT2D eigenvalue weighted by atomic mass is 10.1. The topological polar surface area (TPSA) is 30.5 Å². The summed E-state index contributed by atoms with van der Waals surface area (Å²) < 4.78 is 24.9. The summed E-state index contributed by atoms with van der Waals surface area (Å²) in [6, 6.07) is 11.3. The Hall–Kier alpha value is -2.23. The summed E-state index contributed by atoms with van der Waals surface area (Å²) in [5.41, 5.74) is 2.87. The van der Waals surface area contributed by atoms with Crippen molar-refractivity contribution in [2.75, 3.05) is 18.5 Å². The highest BCUT2D eigenvalue weighted by Gasteiger charge is 2.25. The summed E-state index contributed by atoms with van der Waals surface area (Å²) in [7, 11) is 0. The smallest absolute Gasteiger partial charge is 0.163 e. The number of hydrogen-bond donors (Lipinski definition) is 1. The zero-order valence-corrected chi connectivity index (χ0v) is 11.6. The van der Waals surface area contributed by atoms with E-state index in [1.807, 2.05) is 24.3 Å². The molecule has 0 amide bonds. The van der Waals surface area contributed by atoms with Gasteiger partial charge in [0.25, 0.3) is 0 Å². The molecule has 0 bridgehead atoms. The first-order valence-corrected chi connectivity index (χ1v) is 7.25. The number of benzene rings is 2. The molecule has 4 rings (SSSR count). The molecule has 1 unspecified atom stereocenters. The largest absolute Gasteiger partial charge is 0.486 e. The van der Waals surface area contributed by atoms with E-state index in [0.717, 1.165) is 41.2 Å². The van der Waals surface area contributed by atoms with Crippen molar-refractivity contribution in [3.05, 3.63) is 53.3 Å². The van der Waals surface area contributed by atoms with Crippen molar-refractivity contribution < 1.29 is 13.9 Å². The molecule has 1 heterocycles. The predicted molar refractivity (Wildman–Crippen MR) is 78.5 cm³/mol. The fourth-order valence-electron chi connectivity index (χ4n) is 3.09. The van der Waals surface area contributed by atoms with Crippen LogP contribution in [0.3, 0.4) is 0 Å². The van der Waals surface area contributed by atoms with Crippen LogP contribution >= 0.6 is 0 Å². The normalized spacial score (nSPS) is 19.2. The molecule has 3 nitrogen and oxygen atoms in total. The first-order valence-electron chi connectivity index (χ1n) is 7.25. The van der Waals surface area contributed by atoms with E-state index in [4.69, 9.17) is 9.47 Å². The van der Waals surface area contributed by atoms with Gasteiger partial charge in [-0.25, -0.2) is 4.39 Å². The number of ether oxygens (including phenoxy) is 2. The van der Waals surface area contributed by atoms with E-state index in [0.29, 0.717) is 13.2 Å². The average molecular weight is 285 g/mol. The van der Waals surface area contributed by atoms with Crippen LogP contribution < -0.4 is 14.8 Å². The standard InChI is InChI=1S/C17H16FNO2/c18-14-3-1-2-13-12(14)5-6-15(13)19-11-4-7-16-17(10-11)21-9-8-20-16/h1-4,7,10,15,19H,5-6,8-9H2. The van der Waals surface area contributed by atoms with Crippen LogP contribution in [-0.4, -0.2) is 13.2 Å². The second-order valence-corrected chi connectivity index (χ2v) is 5.40. The van der Waals surface area contributed by atoms with Crippen molar-refractivity contribution in [3.8, 4) is 11.5 Å². The summed E-state index contributed by atoms with van der Waals surface area (Å²) >= 11 is 0. The van der Waals surface area contributed by atoms with Gasteiger partial charge in [-0.15, -0.1) is 0 Å². The Kier molecular flexibility index (Phi) is 2.95. The number of rotatable bonds is 2. The van der Waals surface area contributed by atoms with E-state index in [-0.39, 0.29) is 11.9 Å². The van der Waals surface area contributed by atoms with Crippen molar-refractivity contribution >= 4 is 5.69 Å². The van der Waals surface area contributed by atoms with Crippen LogP contribution in [0.15, 0.2) is 36.4 Å². The maximum atomic E-state index is 13.8. The van der Waals surface area contributed by atoms with Gasteiger partial charge in [0, 0.05) is 11.8 Å². The molecule has 2 aliphatic rings. The number of halogens is 1. The summed E-state index contributed by atoms with van der Waals surface area (Å²) in [5, 5.41) is 3.47. The van der Waals surface area contributed by atoms with Gasteiger partial charge >= 0.3 is 0 Å². The molecule has 0 spiro atoms. The van der Waals surface area contributed by atoms with Gasteiger partial charge in [0.2, 0.25) is 0 Å². The van der Waals surface area contributed by atoms with Gasteiger partial charge in [-0.05, 0) is 42.2 Å². The molecule has 0 saturated heterocycles. The Morgan fingerprint density at radius 2 is 1.90 bits per heavy atom. The molecule has 1 N–H and O–H groups in total. The predicted octanol–water partition coefficient (Wildman–Crippen LogP) is 3.70. The first-order chi connectivity index (χ1) is 10.3. The Morgan fingerprint density at radius 3 is 2.81 bits per heavy atom. The maximum Gasteiger partial charge on any atom is 0.163 e. The van der Waals surface area contributed by atoms with Gasteiger partial charge in [0.1, 0.15) is 19.0 Å². The molecular weight excluding hydrogens is 269 g/mol. The third-order valence-electron chi connectivity index (χ3n) is 4.10. The van der Waals surface area contributed by atoms with Gasteiger partial charge in [0.05, 0.1) is 6.04 Å². The minimum Gasteiger partial charge on any atom is -0.486 e. The van der Waals surface area contributed by atoms with Gasteiger partial charge < -0.3 is 14.8 Å². The van der Waals surface area contributed by atoms with Gasteiger partial charge in [-0.1, -0.05) is 12.1 Å². The third kappa shape index (κ3) is 2.20. The maximum absolute atomic E-state index is 13.8. The van der Waals surface area contributed by atoms with E-state index in [1.165, 1.54) is 6.07 Å². The van der Waals surface area contributed by atoms with Gasteiger partial charge in [0.15, 0.2) is 11.5 Å². The van der Waals surface area contributed by atoms with Crippen LogP contribution in [0.1, 0.15) is 23.6 Å². The molecule has 1 atom stereocenters. The van der Waals surface area contributed by atoms with E-state index in [1.54, 1.807) is 6.07 Å². The Bertz CT molecular complexity index is 686. The molecule has 21 heavy (non-hydrogen) atoms. The lowest BCUT2D eigenvalue weighted by molar-refractivity contribution is 0.171. The van der Waals surface area contributed by atoms with Crippen molar-refractivity contribution in [2.24, 2.45) is 0 Å². The van der Waals surface area contributed by atoms with Crippen molar-refractivity contribution in [3.63, 3.8) is 0 Å². The monoisotopic (exact) mass is 285 g/mol. The highest BCUT2D eigenvalue weighted by Crippen LogP contribution is 2.38. The summed E-state index contributed by atoms with van der Waals surface area (Å²) in [4.78, 5) is 0. The fraction of sp³-hybridized carbons (Fsp3) is 0.294. The highest BCUT2D eigenvalue weighted by atomic mass is 19.1. The van der Waals surface area contributed by atoms with Crippen LogP contribution in [0.2, 0.25) is 0 Å². The van der Waals surface area contributed by atoms with E-state index < -0.39 is 0 Å². The third-order valence-corrected chi connectivity index (χ3v) is 4.10. The molecule has 2 aromatic rings. The van der Waals surface area contributed by atoms with Crippen LogP contribution in [-0.2, 0) is 6.42 Å². The number of fused-ring (bicyclic) bond motifs is 2. The molecule has 0 fully saturated rings. The number of anilines is 1. The zero-order chi connectivity index (χ0) is 14.2. The number of hydrogen-bond acceptors (Lipinski definition) is 3. The quantitative estimate of drug-likeness (QED) is 0.912. The zero-order valence-electron chi connectivity index (χ0n) is 11.6. The second-order valence-electron chi connectivity index (χ2n) is 5.40. The van der Waals surface area contributed by atoms with Crippen LogP contribution in [0.4, 0.5) is 10.1 Å². The molecule has 108 valence electrons. The van der Waals surface area contributed by atoms with Crippen LogP contribution in [0.5, 0.6) is 11.5 Å². The average Bonchev–Trinajstić information content (AvgIpc) is 2.92. The number of nitrogens with one attached hydrogen (secondary N) is 1. The Balaban J connectivity index is 1.59. The molecule has 2 aromatic carbocycles. The van der Waals surface area contributed by atoms with Crippen LogP contribution in [0.25, 0.3) is 0 Å². The summed E-state index contributed by atoms with van der Waals surface area (Å²) in [6.45, 7) is 1.17.